The van der Waals surface area contributed by atoms with Gasteiger partial charge in [0, 0.05) is 12.6 Å². The molecule has 1 aromatic carbocycles. The highest BCUT2D eigenvalue weighted by Crippen LogP contribution is 2.22. The largest absolute Gasteiger partial charge is 0.496 e. The van der Waals surface area contributed by atoms with Gasteiger partial charge in [-0.2, -0.15) is 0 Å². The smallest absolute Gasteiger partial charge is 0.122 e. The van der Waals surface area contributed by atoms with Crippen LogP contribution in [0.1, 0.15) is 24.8 Å². The molecule has 2 unspecified atom stereocenters. The summed E-state index contributed by atoms with van der Waals surface area (Å²) in [6, 6.07) is 8.68. The highest BCUT2D eigenvalue weighted by Gasteiger charge is 2.20. The summed E-state index contributed by atoms with van der Waals surface area (Å²) in [5.41, 5.74) is 1.26. The van der Waals surface area contributed by atoms with E-state index in [0.29, 0.717) is 12.1 Å². The molecule has 100 valence electrons. The van der Waals surface area contributed by atoms with E-state index in [1.807, 2.05) is 19.2 Å². The molecule has 3 nitrogen and oxygen atoms in total. The molecular formula is C15H23NO2. The highest BCUT2D eigenvalue weighted by atomic mass is 16.5. The molecule has 0 radical (unpaired) electrons. The van der Waals surface area contributed by atoms with Gasteiger partial charge >= 0.3 is 0 Å². The molecule has 1 aromatic rings. The Balaban J connectivity index is 1.96. The zero-order valence-corrected chi connectivity index (χ0v) is 11.3. The molecule has 18 heavy (non-hydrogen) atoms. The lowest BCUT2D eigenvalue weighted by atomic mass is 9.99. The van der Waals surface area contributed by atoms with Crippen LogP contribution in [0.25, 0.3) is 0 Å². The lowest BCUT2D eigenvalue weighted by molar-refractivity contribution is 0.0953. The van der Waals surface area contributed by atoms with E-state index in [-0.39, 0.29) is 0 Å². The Morgan fingerprint density at radius 2 is 2.28 bits per heavy atom. The molecule has 0 amide bonds. The molecule has 1 saturated heterocycles. The van der Waals surface area contributed by atoms with Crippen molar-refractivity contribution in [1.29, 1.82) is 0 Å². The summed E-state index contributed by atoms with van der Waals surface area (Å²) < 4.78 is 11.1. The third-order valence-corrected chi connectivity index (χ3v) is 3.64. The van der Waals surface area contributed by atoms with Crippen molar-refractivity contribution in [2.75, 3.05) is 20.8 Å². The zero-order valence-electron chi connectivity index (χ0n) is 11.3. The molecule has 1 N–H and O–H groups in total. The van der Waals surface area contributed by atoms with Crippen molar-refractivity contribution in [1.82, 2.24) is 5.32 Å². The Labute approximate surface area is 109 Å². The van der Waals surface area contributed by atoms with Crippen LogP contribution >= 0.6 is 0 Å². The average Bonchev–Trinajstić information content (AvgIpc) is 2.91. The van der Waals surface area contributed by atoms with E-state index in [1.54, 1.807) is 7.11 Å². The normalized spacial score (nSPS) is 20.9. The van der Waals surface area contributed by atoms with Gasteiger partial charge in [0.1, 0.15) is 5.75 Å². The molecule has 0 aliphatic carbocycles. The number of hydrogen-bond acceptors (Lipinski definition) is 3. The molecule has 2 rings (SSSR count). The van der Waals surface area contributed by atoms with Crippen LogP contribution in [-0.4, -0.2) is 32.9 Å². The fraction of sp³-hybridized carbons (Fsp3) is 0.600. The molecule has 0 aromatic heterocycles. The van der Waals surface area contributed by atoms with Gasteiger partial charge in [-0.15, -0.1) is 0 Å². The number of para-hydroxylation sites is 1. The fourth-order valence-electron chi connectivity index (χ4n) is 2.59. The molecule has 0 bridgehead atoms. The topological polar surface area (TPSA) is 30.5 Å². The average molecular weight is 249 g/mol. The van der Waals surface area contributed by atoms with E-state index in [4.69, 9.17) is 9.47 Å². The van der Waals surface area contributed by atoms with E-state index in [0.717, 1.165) is 25.2 Å². The fourth-order valence-corrected chi connectivity index (χ4v) is 2.59. The van der Waals surface area contributed by atoms with Crippen molar-refractivity contribution in [2.45, 2.75) is 37.8 Å². The Morgan fingerprint density at radius 3 is 2.94 bits per heavy atom. The van der Waals surface area contributed by atoms with Crippen molar-refractivity contribution < 1.29 is 9.47 Å². The van der Waals surface area contributed by atoms with E-state index in [1.165, 1.54) is 18.4 Å². The second kappa shape index (κ2) is 6.76. The molecule has 1 aliphatic heterocycles. The molecule has 0 saturated carbocycles. The van der Waals surface area contributed by atoms with Crippen molar-refractivity contribution in [3.8, 4) is 5.75 Å². The van der Waals surface area contributed by atoms with Gasteiger partial charge in [-0.3, -0.25) is 0 Å². The van der Waals surface area contributed by atoms with Gasteiger partial charge in [0.15, 0.2) is 0 Å². The number of benzene rings is 1. The van der Waals surface area contributed by atoms with Gasteiger partial charge in [-0.1, -0.05) is 18.2 Å². The van der Waals surface area contributed by atoms with Gasteiger partial charge < -0.3 is 14.8 Å². The predicted octanol–water partition coefficient (Wildman–Crippen LogP) is 2.39. The molecular weight excluding hydrogens is 226 g/mol. The predicted molar refractivity (Wildman–Crippen MR) is 73.1 cm³/mol. The summed E-state index contributed by atoms with van der Waals surface area (Å²) in [5, 5.41) is 3.39. The van der Waals surface area contributed by atoms with E-state index >= 15 is 0 Å². The standard InChI is InChI=1S/C15H23NO2/c1-16-13(11-14-7-5-9-18-14)10-12-6-3-4-8-15(12)17-2/h3-4,6,8,13-14,16H,5,7,9-11H2,1-2H3. The highest BCUT2D eigenvalue weighted by molar-refractivity contribution is 5.33. The maximum atomic E-state index is 5.71. The van der Waals surface area contributed by atoms with Crippen LogP contribution in [0.5, 0.6) is 5.75 Å². The second-order valence-corrected chi connectivity index (χ2v) is 4.87. The second-order valence-electron chi connectivity index (χ2n) is 4.87. The van der Waals surface area contributed by atoms with Crippen molar-refractivity contribution >= 4 is 0 Å². The van der Waals surface area contributed by atoms with Crippen LogP contribution in [0.15, 0.2) is 24.3 Å². The minimum absolute atomic E-state index is 0.428. The van der Waals surface area contributed by atoms with E-state index < -0.39 is 0 Å². The monoisotopic (exact) mass is 249 g/mol. The summed E-state index contributed by atoms with van der Waals surface area (Å²) in [6.07, 6.45) is 4.89. The van der Waals surface area contributed by atoms with Gasteiger partial charge in [0.2, 0.25) is 0 Å². The summed E-state index contributed by atoms with van der Waals surface area (Å²) in [7, 11) is 3.75. The molecule has 2 atom stereocenters. The minimum Gasteiger partial charge on any atom is -0.496 e. The quantitative estimate of drug-likeness (QED) is 0.839. The first-order valence-electron chi connectivity index (χ1n) is 6.74. The first-order chi connectivity index (χ1) is 8.83. The first kappa shape index (κ1) is 13.4. The number of nitrogens with one attached hydrogen (secondary N) is 1. The molecule has 3 heteroatoms. The Kier molecular flexibility index (Phi) is 5.02. The number of methoxy groups -OCH3 is 1. The Bertz CT molecular complexity index is 361. The van der Waals surface area contributed by atoms with Crippen LogP contribution in [-0.2, 0) is 11.2 Å². The summed E-state index contributed by atoms with van der Waals surface area (Å²) in [5.74, 6) is 0.977. The van der Waals surface area contributed by atoms with Crippen LogP contribution in [0.4, 0.5) is 0 Å². The van der Waals surface area contributed by atoms with Crippen LogP contribution < -0.4 is 10.1 Å². The first-order valence-corrected chi connectivity index (χ1v) is 6.74. The SMILES string of the molecule is CNC(Cc1ccccc1OC)CC1CCCO1. The van der Waals surface area contributed by atoms with Crippen molar-refractivity contribution in [3.05, 3.63) is 29.8 Å². The third kappa shape index (κ3) is 3.47. The maximum Gasteiger partial charge on any atom is 0.122 e. The van der Waals surface area contributed by atoms with Gasteiger partial charge in [-0.05, 0) is 44.4 Å². The number of ether oxygens (including phenoxy) is 2. The lowest BCUT2D eigenvalue weighted by Gasteiger charge is -2.20. The Hall–Kier alpha value is -1.06. The number of rotatable bonds is 6. The number of likely N-dealkylation sites (N-methyl/N-ethyl adjacent to an activating group) is 1. The zero-order chi connectivity index (χ0) is 12.8. The third-order valence-electron chi connectivity index (χ3n) is 3.64. The van der Waals surface area contributed by atoms with Crippen molar-refractivity contribution in [2.24, 2.45) is 0 Å². The van der Waals surface area contributed by atoms with Crippen LogP contribution in [0.3, 0.4) is 0 Å². The molecule has 1 aliphatic rings. The van der Waals surface area contributed by atoms with E-state index in [2.05, 4.69) is 17.4 Å². The summed E-state index contributed by atoms with van der Waals surface area (Å²) >= 11 is 0. The van der Waals surface area contributed by atoms with Gasteiger partial charge in [0.25, 0.3) is 0 Å². The molecule has 1 fully saturated rings. The van der Waals surface area contributed by atoms with Crippen LogP contribution in [0.2, 0.25) is 0 Å². The number of hydrogen-bond donors (Lipinski definition) is 1. The minimum atomic E-state index is 0.428. The van der Waals surface area contributed by atoms with Gasteiger partial charge in [-0.25, -0.2) is 0 Å². The lowest BCUT2D eigenvalue weighted by Crippen LogP contribution is -2.31. The Morgan fingerprint density at radius 1 is 1.44 bits per heavy atom. The van der Waals surface area contributed by atoms with Gasteiger partial charge in [0.05, 0.1) is 13.2 Å². The molecule has 1 heterocycles. The van der Waals surface area contributed by atoms with E-state index in [9.17, 15) is 0 Å². The summed E-state index contributed by atoms with van der Waals surface area (Å²) in [6.45, 7) is 0.926. The molecule has 0 spiro atoms. The maximum absolute atomic E-state index is 5.71. The van der Waals surface area contributed by atoms with Crippen molar-refractivity contribution in [3.63, 3.8) is 0 Å². The summed E-state index contributed by atoms with van der Waals surface area (Å²) in [4.78, 5) is 0. The van der Waals surface area contributed by atoms with Crippen LogP contribution in [0, 0.1) is 0 Å².